The number of benzene rings is 1. The van der Waals surface area contributed by atoms with Crippen LogP contribution in [0.2, 0.25) is 0 Å². The number of aryl methyl sites for hydroxylation is 1. The molecular formula is C16H25N3O. The first kappa shape index (κ1) is 15.0. The molecule has 1 aromatic carbocycles. The van der Waals surface area contributed by atoms with Gasteiger partial charge in [-0.1, -0.05) is 19.1 Å². The number of nitrogens with one attached hydrogen (secondary N) is 1. The molecule has 1 heterocycles. The lowest BCUT2D eigenvalue weighted by Gasteiger charge is -2.16. The smallest absolute Gasteiger partial charge is 0.111 e. The molecule has 0 bridgehead atoms. The predicted octanol–water partition coefficient (Wildman–Crippen LogP) is 2.52. The average molecular weight is 275 g/mol. The topological polar surface area (TPSA) is 39.1 Å². The number of aromatic nitrogens is 2. The minimum atomic E-state index is 0.405. The van der Waals surface area contributed by atoms with Gasteiger partial charge in [0.2, 0.25) is 0 Å². The summed E-state index contributed by atoms with van der Waals surface area (Å²) in [5.74, 6) is 1.13. The van der Waals surface area contributed by atoms with Crippen molar-refractivity contribution in [2.75, 3.05) is 20.3 Å². The standard InChI is InChI=1S/C16H25N3O/c1-4-10-20-11-9-13(17-2)12-16-18-14-7-5-6-8-15(14)19(16)3/h5-8,13,17H,4,9-12H2,1-3H3. The monoisotopic (exact) mass is 275 g/mol. The van der Waals surface area contributed by atoms with Gasteiger partial charge in [0.15, 0.2) is 0 Å². The lowest BCUT2D eigenvalue weighted by Crippen LogP contribution is -2.30. The zero-order chi connectivity index (χ0) is 14.4. The maximum absolute atomic E-state index is 5.57. The summed E-state index contributed by atoms with van der Waals surface area (Å²) in [5.41, 5.74) is 2.27. The SMILES string of the molecule is CCCOCCC(Cc1nc2ccccc2n1C)NC. The number of imidazole rings is 1. The molecule has 1 N–H and O–H groups in total. The van der Waals surface area contributed by atoms with E-state index >= 15 is 0 Å². The molecule has 0 saturated carbocycles. The Kier molecular flexibility index (Phi) is 5.56. The summed E-state index contributed by atoms with van der Waals surface area (Å²) in [7, 11) is 4.10. The van der Waals surface area contributed by atoms with Gasteiger partial charge in [-0.2, -0.15) is 0 Å². The van der Waals surface area contributed by atoms with Gasteiger partial charge in [-0.3, -0.25) is 0 Å². The molecule has 1 aromatic heterocycles. The van der Waals surface area contributed by atoms with Gasteiger partial charge in [0.1, 0.15) is 5.82 Å². The second-order valence-corrected chi connectivity index (χ2v) is 5.17. The van der Waals surface area contributed by atoms with Crippen LogP contribution >= 0.6 is 0 Å². The van der Waals surface area contributed by atoms with E-state index < -0.39 is 0 Å². The van der Waals surface area contributed by atoms with Crippen LogP contribution in [-0.4, -0.2) is 35.9 Å². The predicted molar refractivity (Wildman–Crippen MR) is 83.0 cm³/mol. The Morgan fingerprint density at radius 1 is 1.30 bits per heavy atom. The molecule has 2 aromatic rings. The molecule has 0 radical (unpaired) electrons. The number of likely N-dealkylation sites (N-methyl/N-ethyl adjacent to an activating group) is 1. The van der Waals surface area contributed by atoms with Crippen LogP contribution in [0.4, 0.5) is 0 Å². The van der Waals surface area contributed by atoms with Gasteiger partial charge in [0, 0.05) is 32.7 Å². The quantitative estimate of drug-likeness (QED) is 0.752. The highest BCUT2D eigenvalue weighted by Crippen LogP contribution is 2.15. The van der Waals surface area contributed by atoms with Crippen molar-refractivity contribution in [3.8, 4) is 0 Å². The van der Waals surface area contributed by atoms with E-state index in [4.69, 9.17) is 9.72 Å². The molecule has 0 saturated heterocycles. The van der Waals surface area contributed by atoms with Crippen molar-refractivity contribution < 1.29 is 4.74 Å². The maximum Gasteiger partial charge on any atom is 0.111 e. The van der Waals surface area contributed by atoms with Crippen molar-refractivity contribution in [2.45, 2.75) is 32.2 Å². The van der Waals surface area contributed by atoms with E-state index in [1.165, 1.54) is 5.52 Å². The molecule has 0 spiro atoms. The number of fused-ring (bicyclic) bond motifs is 1. The number of hydrogen-bond acceptors (Lipinski definition) is 3. The van der Waals surface area contributed by atoms with Gasteiger partial charge in [-0.15, -0.1) is 0 Å². The van der Waals surface area contributed by atoms with Crippen LogP contribution in [0.15, 0.2) is 24.3 Å². The Balaban J connectivity index is 2.00. The molecular weight excluding hydrogens is 250 g/mol. The largest absolute Gasteiger partial charge is 0.381 e. The average Bonchev–Trinajstić information content (AvgIpc) is 2.79. The number of ether oxygens (including phenoxy) is 1. The fourth-order valence-corrected chi connectivity index (χ4v) is 2.42. The Morgan fingerprint density at radius 2 is 2.10 bits per heavy atom. The lowest BCUT2D eigenvalue weighted by molar-refractivity contribution is 0.125. The van der Waals surface area contributed by atoms with Crippen molar-refractivity contribution in [2.24, 2.45) is 7.05 Å². The Labute approximate surface area is 121 Å². The van der Waals surface area contributed by atoms with Crippen LogP contribution < -0.4 is 5.32 Å². The van der Waals surface area contributed by atoms with Crippen LogP contribution in [0.3, 0.4) is 0 Å². The van der Waals surface area contributed by atoms with E-state index in [-0.39, 0.29) is 0 Å². The van der Waals surface area contributed by atoms with Crippen LogP contribution in [0.1, 0.15) is 25.6 Å². The van der Waals surface area contributed by atoms with Crippen LogP contribution in [0.25, 0.3) is 11.0 Å². The summed E-state index contributed by atoms with van der Waals surface area (Å²) in [6.45, 7) is 3.79. The zero-order valence-electron chi connectivity index (χ0n) is 12.7. The molecule has 1 unspecified atom stereocenters. The van der Waals surface area contributed by atoms with E-state index in [0.717, 1.165) is 43.8 Å². The summed E-state index contributed by atoms with van der Waals surface area (Å²) >= 11 is 0. The van der Waals surface area contributed by atoms with Gasteiger partial charge >= 0.3 is 0 Å². The Hall–Kier alpha value is -1.39. The highest BCUT2D eigenvalue weighted by atomic mass is 16.5. The van der Waals surface area contributed by atoms with Gasteiger partial charge in [-0.25, -0.2) is 4.98 Å². The van der Waals surface area contributed by atoms with E-state index in [2.05, 4.69) is 42.1 Å². The maximum atomic E-state index is 5.57. The highest BCUT2D eigenvalue weighted by molar-refractivity contribution is 5.75. The first-order valence-electron chi connectivity index (χ1n) is 7.41. The number of hydrogen-bond donors (Lipinski definition) is 1. The zero-order valence-corrected chi connectivity index (χ0v) is 12.7. The van der Waals surface area contributed by atoms with Crippen LogP contribution in [0, 0.1) is 0 Å². The van der Waals surface area contributed by atoms with Crippen LogP contribution in [0.5, 0.6) is 0 Å². The van der Waals surface area contributed by atoms with Crippen molar-refractivity contribution in [3.63, 3.8) is 0 Å². The highest BCUT2D eigenvalue weighted by Gasteiger charge is 2.13. The van der Waals surface area contributed by atoms with Crippen molar-refractivity contribution in [3.05, 3.63) is 30.1 Å². The summed E-state index contributed by atoms with van der Waals surface area (Å²) in [4.78, 5) is 4.73. The summed E-state index contributed by atoms with van der Waals surface area (Å²) < 4.78 is 7.76. The number of rotatable bonds is 8. The molecule has 4 heteroatoms. The molecule has 4 nitrogen and oxygen atoms in total. The molecule has 0 aliphatic carbocycles. The second kappa shape index (κ2) is 7.41. The number of para-hydroxylation sites is 2. The van der Waals surface area contributed by atoms with Crippen molar-refractivity contribution >= 4 is 11.0 Å². The molecule has 1 atom stereocenters. The van der Waals surface area contributed by atoms with Crippen LogP contribution in [-0.2, 0) is 18.2 Å². The molecule has 0 aliphatic heterocycles. The minimum absolute atomic E-state index is 0.405. The summed E-state index contributed by atoms with van der Waals surface area (Å²) in [5, 5.41) is 3.37. The van der Waals surface area contributed by atoms with E-state index in [0.29, 0.717) is 6.04 Å². The molecule has 2 rings (SSSR count). The fourth-order valence-electron chi connectivity index (χ4n) is 2.42. The summed E-state index contributed by atoms with van der Waals surface area (Å²) in [6, 6.07) is 8.68. The molecule has 20 heavy (non-hydrogen) atoms. The molecule has 0 aliphatic rings. The van der Waals surface area contributed by atoms with Gasteiger partial charge in [0.05, 0.1) is 11.0 Å². The first-order chi connectivity index (χ1) is 9.76. The molecule has 110 valence electrons. The molecule has 0 fully saturated rings. The first-order valence-corrected chi connectivity index (χ1v) is 7.41. The Morgan fingerprint density at radius 3 is 2.80 bits per heavy atom. The van der Waals surface area contributed by atoms with Gasteiger partial charge in [0.25, 0.3) is 0 Å². The summed E-state index contributed by atoms with van der Waals surface area (Å²) in [6.07, 6.45) is 3.02. The van der Waals surface area contributed by atoms with Crippen molar-refractivity contribution in [1.82, 2.24) is 14.9 Å². The Bertz CT molecular complexity index is 536. The minimum Gasteiger partial charge on any atom is -0.381 e. The fraction of sp³-hybridized carbons (Fsp3) is 0.562. The van der Waals surface area contributed by atoms with E-state index in [1.54, 1.807) is 0 Å². The lowest BCUT2D eigenvalue weighted by atomic mass is 10.1. The van der Waals surface area contributed by atoms with E-state index in [1.807, 2.05) is 13.1 Å². The number of nitrogens with zero attached hydrogens (tertiary/aromatic N) is 2. The van der Waals surface area contributed by atoms with E-state index in [9.17, 15) is 0 Å². The second-order valence-electron chi connectivity index (χ2n) is 5.17. The van der Waals surface area contributed by atoms with Gasteiger partial charge in [-0.05, 0) is 32.0 Å². The normalized spacial score (nSPS) is 12.9. The third-order valence-electron chi connectivity index (χ3n) is 3.68. The van der Waals surface area contributed by atoms with Crippen molar-refractivity contribution in [1.29, 1.82) is 0 Å². The third kappa shape index (κ3) is 3.58. The van der Waals surface area contributed by atoms with Gasteiger partial charge < -0.3 is 14.6 Å². The third-order valence-corrected chi connectivity index (χ3v) is 3.68. The molecule has 0 amide bonds.